The van der Waals surface area contributed by atoms with Crippen molar-refractivity contribution in [2.24, 2.45) is 0 Å². The molecule has 1 saturated heterocycles. The summed E-state index contributed by atoms with van der Waals surface area (Å²) in [5, 5.41) is 3.50. The molecule has 1 aliphatic rings. The van der Waals surface area contributed by atoms with Crippen LogP contribution in [0.25, 0.3) is 0 Å². The smallest absolute Gasteiger partial charge is 0.122 e. The third kappa shape index (κ3) is 4.76. The monoisotopic (exact) mass is 387 g/mol. The van der Waals surface area contributed by atoms with Crippen LogP contribution in [0, 0.1) is 6.92 Å². The minimum atomic E-state index is -0.469. The van der Waals surface area contributed by atoms with Crippen molar-refractivity contribution in [3.05, 3.63) is 107 Å². The number of hydrogen-bond acceptors (Lipinski definition) is 3. The van der Waals surface area contributed by atoms with Crippen molar-refractivity contribution in [3.8, 4) is 0 Å². The molecule has 4 rings (SSSR count). The first-order valence-corrected chi connectivity index (χ1v) is 10.4. The molecule has 1 aliphatic heterocycles. The van der Waals surface area contributed by atoms with Gasteiger partial charge in [0.2, 0.25) is 0 Å². The Labute approximate surface area is 173 Å². The minimum absolute atomic E-state index is 0.0668. The number of rotatable bonds is 7. The van der Waals surface area contributed by atoms with E-state index in [0.29, 0.717) is 13.2 Å². The molecular formula is C26H29NO2. The highest BCUT2D eigenvalue weighted by atomic mass is 16.6. The molecule has 150 valence electrons. The second-order valence-electron chi connectivity index (χ2n) is 7.77. The molecule has 29 heavy (non-hydrogen) atoms. The fourth-order valence-electron chi connectivity index (χ4n) is 4.00. The summed E-state index contributed by atoms with van der Waals surface area (Å²) in [6.45, 7) is 4.95. The van der Waals surface area contributed by atoms with Gasteiger partial charge in [-0.25, -0.2) is 0 Å². The van der Waals surface area contributed by atoms with E-state index in [9.17, 15) is 0 Å². The van der Waals surface area contributed by atoms with Gasteiger partial charge in [0.1, 0.15) is 11.7 Å². The molecule has 0 aliphatic carbocycles. The summed E-state index contributed by atoms with van der Waals surface area (Å²) in [4.78, 5) is 0. The lowest BCUT2D eigenvalue weighted by Crippen LogP contribution is -2.54. The normalized spacial score (nSPS) is 21.8. The van der Waals surface area contributed by atoms with Crippen molar-refractivity contribution in [2.45, 2.75) is 38.3 Å². The summed E-state index contributed by atoms with van der Waals surface area (Å²) >= 11 is 0. The third-order valence-electron chi connectivity index (χ3n) is 5.70. The molecule has 0 amide bonds. The molecule has 3 nitrogen and oxygen atoms in total. The molecule has 0 aromatic heterocycles. The Balaban J connectivity index is 1.61. The van der Waals surface area contributed by atoms with Crippen LogP contribution in [0.1, 0.15) is 28.7 Å². The van der Waals surface area contributed by atoms with Crippen molar-refractivity contribution in [2.75, 3.05) is 13.1 Å². The topological polar surface area (TPSA) is 30.5 Å². The maximum absolute atomic E-state index is 6.72. The van der Waals surface area contributed by atoms with Crippen molar-refractivity contribution < 1.29 is 9.47 Å². The van der Waals surface area contributed by atoms with Gasteiger partial charge < -0.3 is 14.8 Å². The lowest BCUT2D eigenvalue weighted by atomic mass is 9.82. The fourth-order valence-corrected chi connectivity index (χ4v) is 4.00. The van der Waals surface area contributed by atoms with E-state index < -0.39 is 5.60 Å². The van der Waals surface area contributed by atoms with E-state index in [1.54, 1.807) is 0 Å². The average Bonchev–Trinajstić information content (AvgIpc) is 2.79. The van der Waals surface area contributed by atoms with Gasteiger partial charge in [-0.15, -0.1) is 0 Å². The van der Waals surface area contributed by atoms with Gasteiger partial charge in [-0.2, -0.15) is 0 Å². The van der Waals surface area contributed by atoms with E-state index in [-0.39, 0.29) is 6.10 Å². The fraction of sp³-hybridized carbons (Fsp3) is 0.308. The molecule has 3 aromatic carbocycles. The summed E-state index contributed by atoms with van der Waals surface area (Å²) in [5.74, 6) is 0. The van der Waals surface area contributed by atoms with E-state index in [4.69, 9.17) is 9.47 Å². The molecule has 2 atom stereocenters. The molecule has 0 radical (unpaired) electrons. The van der Waals surface area contributed by atoms with E-state index in [0.717, 1.165) is 19.5 Å². The molecule has 0 saturated carbocycles. The Morgan fingerprint density at radius 2 is 1.45 bits per heavy atom. The predicted molar refractivity (Wildman–Crippen MR) is 117 cm³/mol. The van der Waals surface area contributed by atoms with Gasteiger partial charge in [0.05, 0.1) is 13.2 Å². The predicted octanol–water partition coefficient (Wildman–Crippen LogP) is 4.99. The van der Waals surface area contributed by atoms with Gasteiger partial charge in [-0.1, -0.05) is 90.5 Å². The summed E-state index contributed by atoms with van der Waals surface area (Å²) < 4.78 is 13.2. The quantitative estimate of drug-likeness (QED) is 0.620. The van der Waals surface area contributed by atoms with Crippen molar-refractivity contribution in [3.63, 3.8) is 0 Å². The molecule has 0 bridgehead atoms. The first-order valence-electron chi connectivity index (χ1n) is 10.4. The van der Waals surface area contributed by atoms with E-state index in [1.165, 1.54) is 22.3 Å². The first-order chi connectivity index (χ1) is 14.3. The van der Waals surface area contributed by atoms with E-state index in [1.807, 2.05) is 12.1 Å². The van der Waals surface area contributed by atoms with Gasteiger partial charge in [-0.3, -0.25) is 0 Å². The average molecular weight is 388 g/mol. The molecule has 3 aromatic rings. The highest BCUT2D eigenvalue weighted by Gasteiger charge is 2.44. The lowest BCUT2D eigenvalue weighted by Gasteiger charge is -2.44. The number of ether oxygens (including phenoxy) is 2. The van der Waals surface area contributed by atoms with Crippen LogP contribution in [0.15, 0.2) is 84.9 Å². The number of nitrogens with one attached hydrogen (secondary N) is 1. The van der Waals surface area contributed by atoms with Crippen LogP contribution in [-0.2, 0) is 28.3 Å². The van der Waals surface area contributed by atoms with Crippen molar-refractivity contribution in [1.82, 2.24) is 5.32 Å². The van der Waals surface area contributed by atoms with Crippen LogP contribution in [0.2, 0.25) is 0 Å². The van der Waals surface area contributed by atoms with E-state index >= 15 is 0 Å². The van der Waals surface area contributed by atoms with Crippen molar-refractivity contribution in [1.29, 1.82) is 0 Å². The lowest BCUT2D eigenvalue weighted by molar-refractivity contribution is -0.176. The van der Waals surface area contributed by atoms with Gasteiger partial charge in [0.25, 0.3) is 0 Å². The minimum Gasteiger partial charge on any atom is -0.369 e. The maximum Gasteiger partial charge on any atom is 0.122 e. The Bertz CT molecular complexity index is 880. The highest BCUT2D eigenvalue weighted by molar-refractivity contribution is 5.29. The van der Waals surface area contributed by atoms with Crippen LogP contribution in [0.5, 0.6) is 0 Å². The zero-order chi connectivity index (χ0) is 19.9. The van der Waals surface area contributed by atoms with Gasteiger partial charge >= 0.3 is 0 Å². The molecule has 0 spiro atoms. The highest BCUT2D eigenvalue weighted by Crippen LogP contribution is 2.38. The van der Waals surface area contributed by atoms with Gasteiger partial charge in [0, 0.05) is 6.54 Å². The van der Waals surface area contributed by atoms with E-state index in [2.05, 4.69) is 85.0 Å². The Morgan fingerprint density at radius 3 is 2.10 bits per heavy atom. The Kier molecular flexibility index (Phi) is 6.40. The first kappa shape index (κ1) is 19.8. The summed E-state index contributed by atoms with van der Waals surface area (Å²) in [6, 6.07) is 29.5. The number of aryl methyl sites for hydroxylation is 1. The zero-order valence-electron chi connectivity index (χ0n) is 17.0. The summed E-state index contributed by atoms with van der Waals surface area (Å²) in [7, 11) is 0. The summed E-state index contributed by atoms with van der Waals surface area (Å²) in [5.41, 5.74) is 4.34. The summed E-state index contributed by atoms with van der Waals surface area (Å²) in [6.07, 6.45) is 0.811. The molecule has 2 unspecified atom stereocenters. The third-order valence-corrected chi connectivity index (χ3v) is 5.70. The second kappa shape index (κ2) is 9.36. The van der Waals surface area contributed by atoms with Crippen LogP contribution in [0.3, 0.4) is 0 Å². The Hall–Kier alpha value is -2.46. The number of hydrogen-bond donors (Lipinski definition) is 1. The molecule has 1 heterocycles. The SMILES string of the molecule is Cc1ccc(C2(OCc3ccccc3)CCNCC2OCc2ccccc2)cc1. The zero-order valence-corrected chi connectivity index (χ0v) is 17.0. The van der Waals surface area contributed by atoms with Crippen LogP contribution >= 0.6 is 0 Å². The number of benzene rings is 3. The standard InChI is InChI=1S/C26H29NO2/c1-21-12-14-24(15-13-21)26(29-20-23-10-6-3-7-11-23)16-17-27-18-25(26)28-19-22-8-4-2-5-9-22/h2-15,25,27H,16-20H2,1H3. The van der Waals surface area contributed by atoms with Gasteiger partial charge in [0.15, 0.2) is 0 Å². The number of piperidine rings is 1. The molecular weight excluding hydrogens is 358 g/mol. The van der Waals surface area contributed by atoms with Crippen LogP contribution < -0.4 is 5.32 Å². The largest absolute Gasteiger partial charge is 0.369 e. The molecule has 3 heteroatoms. The van der Waals surface area contributed by atoms with Gasteiger partial charge in [-0.05, 0) is 36.6 Å². The molecule has 1 fully saturated rings. The Morgan fingerprint density at radius 1 is 0.828 bits per heavy atom. The second-order valence-corrected chi connectivity index (χ2v) is 7.77. The maximum atomic E-state index is 6.72. The van der Waals surface area contributed by atoms with Crippen LogP contribution in [0.4, 0.5) is 0 Å². The van der Waals surface area contributed by atoms with Crippen LogP contribution in [-0.4, -0.2) is 19.2 Å². The van der Waals surface area contributed by atoms with Crippen molar-refractivity contribution >= 4 is 0 Å². The molecule has 1 N–H and O–H groups in total.